The van der Waals surface area contributed by atoms with Crippen molar-refractivity contribution in [1.29, 1.82) is 0 Å². The van der Waals surface area contributed by atoms with Crippen molar-refractivity contribution in [1.82, 2.24) is 10.6 Å². The minimum absolute atomic E-state index is 0.0136. The minimum atomic E-state index is -0.0136. The smallest absolute Gasteiger partial charge is 0.233 e. The van der Waals surface area contributed by atoms with Crippen LogP contribution in [0.3, 0.4) is 0 Å². The predicted molar refractivity (Wildman–Crippen MR) is 43.3 cm³/mol. The summed E-state index contributed by atoms with van der Waals surface area (Å²) in [6, 6.07) is 0. The monoisotopic (exact) mass is 160 g/mol. The van der Waals surface area contributed by atoms with Crippen LogP contribution >= 0.6 is 0 Å². The van der Waals surface area contributed by atoms with Crippen molar-refractivity contribution in [3.05, 3.63) is 0 Å². The zero-order valence-electron chi connectivity index (χ0n) is 6.89. The molecule has 0 saturated heterocycles. The van der Waals surface area contributed by atoms with Gasteiger partial charge in [-0.05, 0) is 13.0 Å². The van der Waals surface area contributed by atoms with Gasteiger partial charge in [0.25, 0.3) is 0 Å². The molecule has 0 rings (SSSR count). The van der Waals surface area contributed by atoms with Gasteiger partial charge in [0.05, 0.1) is 6.54 Å². The summed E-state index contributed by atoms with van der Waals surface area (Å²) < 4.78 is 0. The summed E-state index contributed by atoms with van der Waals surface area (Å²) in [6.07, 6.45) is 0.623. The average Bonchev–Trinajstić information content (AvgIpc) is 2.01. The number of nitrogens with one attached hydrogen (secondary N) is 2. The van der Waals surface area contributed by atoms with Crippen molar-refractivity contribution in [2.75, 3.05) is 26.2 Å². The van der Waals surface area contributed by atoms with Crippen molar-refractivity contribution in [2.24, 2.45) is 0 Å². The molecule has 0 fully saturated rings. The molecule has 0 aliphatic rings. The summed E-state index contributed by atoms with van der Waals surface area (Å²) in [6.45, 7) is 3.79. The third-order valence-electron chi connectivity index (χ3n) is 1.19. The molecule has 0 bridgehead atoms. The van der Waals surface area contributed by atoms with Gasteiger partial charge in [-0.2, -0.15) is 0 Å². The summed E-state index contributed by atoms with van der Waals surface area (Å²) >= 11 is 0. The van der Waals surface area contributed by atoms with Crippen LogP contribution in [-0.2, 0) is 4.79 Å². The lowest BCUT2D eigenvalue weighted by molar-refractivity contribution is -0.120. The summed E-state index contributed by atoms with van der Waals surface area (Å²) in [5.74, 6) is -0.0136. The third kappa shape index (κ3) is 7.29. The number of likely N-dealkylation sites (N-methyl/N-ethyl adjacent to an activating group) is 1. The molecule has 0 aliphatic carbocycles. The van der Waals surface area contributed by atoms with Crippen molar-refractivity contribution >= 4 is 5.91 Å². The Balaban J connectivity index is 3.09. The van der Waals surface area contributed by atoms with Crippen molar-refractivity contribution in [3.63, 3.8) is 0 Å². The number of aliphatic hydroxyl groups is 1. The van der Waals surface area contributed by atoms with Gasteiger partial charge in [0.1, 0.15) is 0 Å². The average molecular weight is 160 g/mol. The molecule has 0 aromatic heterocycles. The van der Waals surface area contributed by atoms with E-state index < -0.39 is 0 Å². The molecule has 0 heterocycles. The fraction of sp³-hybridized carbons (Fsp3) is 0.857. The molecule has 66 valence electrons. The molecular formula is C7H16N2O2. The van der Waals surface area contributed by atoms with Gasteiger partial charge < -0.3 is 15.7 Å². The molecular weight excluding hydrogens is 144 g/mol. The van der Waals surface area contributed by atoms with Crippen molar-refractivity contribution < 1.29 is 9.90 Å². The van der Waals surface area contributed by atoms with E-state index in [2.05, 4.69) is 10.6 Å². The maximum Gasteiger partial charge on any atom is 0.233 e. The molecule has 11 heavy (non-hydrogen) atoms. The fourth-order valence-corrected chi connectivity index (χ4v) is 0.608. The number of carbonyl (C=O) groups excluding carboxylic acids is 1. The van der Waals surface area contributed by atoms with E-state index in [1.54, 1.807) is 0 Å². The zero-order valence-corrected chi connectivity index (χ0v) is 6.89. The summed E-state index contributed by atoms with van der Waals surface area (Å²) in [5.41, 5.74) is 0. The van der Waals surface area contributed by atoms with Gasteiger partial charge in [-0.15, -0.1) is 0 Å². The second-order valence-corrected chi connectivity index (χ2v) is 2.21. The van der Waals surface area contributed by atoms with Crippen LogP contribution in [0.4, 0.5) is 0 Å². The maximum absolute atomic E-state index is 10.8. The molecule has 0 aliphatic heterocycles. The summed E-state index contributed by atoms with van der Waals surface area (Å²) in [5, 5.41) is 13.9. The Bertz CT molecular complexity index is 107. The normalized spacial score (nSPS) is 9.64. The van der Waals surface area contributed by atoms with Crippen LogP contribution in [0.1, 0.15) is 13.3 Å². The van der Waals surface area contributed by atoms with Gasteiger partial charge in [-0.1, -0.05) is 6.92 Å². The summed E-state index contributed by atoms with van der Waals surface area (Å²) in [4.78, 5) is 10.8. The van der Waals surface area contributed by atoms with Crippen LogP contribution in [0.25, 0.3) is 0 Å². The number of amides is 1. The Morgan fingerprint density at radius 1 is 1.55 bits per heavy atom. The number of hydrogen-bond acceptors (Lipinski definition) is 3. The van der Waals surface area contributed by atoms with E-state index in [4.69, 9.17) is 5.11 Å². The van der Waals surface area contributed by atoms with Crippen LogP contribution in [0.5, 0.6) is 0 Å². The fourth-order valence-electron chi connectivity index (χ4n) is 0.608. The minimum Gasteiger partial charge on any atom is -0.396 e. The molecule has 0 spiro atoms. The Morgan fingerprint density at radius 3 is 2.82 bits per heavy atom. The molecule has 0 aromatic rings. The number of carbonyl (C=O) groups is 1. The molecule has 0 unspecified atom stereocenters. The van der Waals surface area contributed by atoms with Gasteiger partial charge in [0.15, 0.2) is 0 Å². The highest BCUT2D eigenvalue weighted by Crippen LogP contribution is 1.71. The van der Waals surface area contributed by atoms with E-state index in [1.165, 1.54) is 0 Å². The summed E-state index contributed by atoms with van der Waals surface area (Å²) in [7, 11) is 0. The Labute approximate surface area is 67.0 Å². The number of aliphatic hydroxyl groups excluding tert-OH is 1. The molecule has 3 N–H and O–H groups in total. The van der Waals surface area contributed by atoms with Gasteiger partial charge in [-0.25, -0.2) is 0 Å². The second kappa shape index (κ2) is 7.50. The largest absolute Gasteiger partial charge is 0.396 e. The van der Waals surface area contributed by atoms with Gasteiger partial charge in [-0.3, -0.25) is 4.79 Å². The predicted octanol–water partition coefficient (Wildman–Crippen LogP) is -0.905. The Kier molecular flexibility index (Phi) is 7.08. The number of rotatable bonds is 6. The maximum atomic E-state index is 10.8. The van der Waals surface area contributed by atoms with E-state index in [0.29, 0.717) is 19.5 Å². The zero-order chi connectivity index (χ0) is 8.53. The number of hydrogen-bond donors (Lipinski definition) is 3. The first-order chi connectivity index (χ1) is 5.31. The highest BCUT2D eigenvalue weighted by molar-refractivity contribution is 5.77. The lowest BCUT2D eigenvalue weighted by Gasteiger charge is -2.03. The van der Waals surface area contributed by atoms with Gasteiger partial charge >= 0.3 is 0 Å². The van der Waals surface area contributed by atoms with E-state index in [0.717, 1.165) is 6.54 Å². The van der Waals surface area contributed by atoms with E-state index in [9.17, 15) is 4.79 Å². The first-order valence-electron chi connectivity index (χ1n) is 3.89. The van der Waals surface area contributed by atoms with E-state index in [-0.39, 0.29) is 12.5 Å². The van der Waals surface area contributed by atoms with Crippen molar-refractivity contribution in [3.8, 4) is 0 Å². The van der Waals surface area contributed by atoms with Gasteiger partial charge in [0.2, 0.25) is 5.91 Å². The first kappa shape index (κ1) is 10.4. The second-order valence-electron chi connectivity index (χ2n) is 2.21. The standard InChI is InChI=1S/C7H16N2O2/c1-2-8-6-7(11)9-4-3-5-10/h8,10H,2-6H2,1H3,(H,9,11). The lowest BCUT2D eigenvalue weighted by Crippen LogP contribution is -2.34. The first-order valence-corrected chi connectivity index (χ1v) is 3.89. The Morgan fingerprint density at radius 2 is 2.27 bits per heavy atom. The van der Waals surface area contributed by atoms with E-state index in [1.807, 2.05) is 6.92 Å². The Hall–Kier alpha value is -0.610. The van der Waals surface area contributed by atoms with Gasteiger partial charge in [0, 0.05) is 13.2 Å². The highest BCUT2D eigenvalue weighted by Gasteiger charge is 1.96. The highest BCUT2D eigenvalue weighted by atomic mass is 16.3. The van der Waals surface area contributed by atoms with Crippen LogP contribution in [-0.4, -0.2) is 37.3 Å². The molecule has 1 amide bonds. The third-order valence-corrected chi connectivity index (χ3v) is 1.19. The molecule has 0 aromatic carbocycles. The van der Waals surface area contributed by atoms with Crippen LogP contribution < -0.4 is 10.6 Å². The van der Waals surface area contributed by atoms with Crippen molar-refractivity contribution in [2.45, 2.75) is 13.3 Å². The quantitative estimate of drug-likeness (QED) is 0.441. The molecule has 0 saturated carbocycles. The van der Waals surface area contributed by atoms with E-state index >= 15 is 0 Å². The SMILES string of the molecule is CCNCC(=O)NCCCO. The van der Waals surface area contributed by atoms with Crippen LogP contribution in [0.2, 0.25) is 0 Å². The van der Waals surface area contributed by atoms with Crippen LogP contribution in [0, 0.1) is 0 Å². The molecule has 0 radical (unpaired) electrons. The molecule has 4 nitrogen and oxygen atoms in total. The van der Waals surface area contributed by atoms with Crippen LogP contribution in [0.15, 0.2) is 0 Å². The lowest BCUT2D eigenvalue weighted by atomic mass is 10.4. The molecule has 0 atom stereocenters. The topological polar surface area (TPSA) is 61.4 Å². The molecule has 4 heteroatoms.